The molecule has 0 aliphatic carbocycles. The van der Waals surface area contributed by atoms with E-state index in [9.17, 15) is 5.11 Å². The number of para-hydroxylation sites is 2. The van der Waals surface area contributed by atoms with Gasteiger partial charge in [-0.3, -0.25) is 0 Å². The highest BCUT2D eigenvalue weighted by Crippen LogP contribution is 2.31. The molecule has 0 unspecified atom stereocenters. The second kappa shape index (κ2) is 5.48. The first-order valence-electron chi connectivity index (χ1n) is 5.87. The summed E-state index contributed by atoms with van der Waals surface area (Å²) in [5.41, 5.74) is 1.56. The minimum Gasteiger partial charge on any atom is -0.506 e. The summed E-state index contributed by atoms with van der Waals surface area (Å²) < 4.78 is 0. The number of anilines is 2. The molecule has 0 amide bonds. The Morgan fingerprint density at radius 1 is 1.00 bits per heavy atom. The van der Waals surface area contributed by atoms with Gasteiger partial charge in [0.2, 0.25) is 5.13 Å². The minimum atomic E-state index is 0.177. The van der Waals surface area contributed by atoms with Gasteiger partial charge in [-0.1, -0.05) is 47.2 Å². The Morgan fingerprint density at radius 2 is 1.75 bits per heavy atom. The molecule has 20 heavy (non-hydrogen) atoms. The quantitative estimate of drug-likeness (QED) is 0.708. The number of benzene rings is 2. The number of aromatic hydroxyl groups is 1. The first-order valence-corrected chi connectivity index (χ1v) is 7.06. The third-order valence-corrected chi connectivity index (χ3v) is 3.80. The molecule has 4 nitrogen and oxygen atoms in total. The van der Waals surface area contributed by atoms with Crippen LogP contribution in [0.3, 0.4) is 0 Å². The van der Waals surface area contributed by atoms with Crippen LogP contribution in [-0.4, -0.2) is 15.3 Å². The number of halogens is 1. The van der Waals surface area contributed by atoms with Crippen LogP contribution in [0.2, 0.25) is 5.02 Å². The first-order chi connectivity index (χ1) is 9.72. The van der Waals surface area contributed by atoms with Gasteiger partial charge in [-0.2, -0.15) is 0 Å². The van der Waals surface area contributed by atoms with Gasteiger partial charge in [-0.25, -0.2) is 0 Å². The molecule has 100 valence electrons. The lowest BCUT2D eigenvalue weighted by Gasteiger charge is -2.03. The molecule has 1 heterocycles. The third-order valence-electron chi connectivity index (χ3n) is 2.66. The number of hydrogen-bond acceptors (Lipinski definition) is 5. The Kier molecular flexibility index (Phi) is 3.54. The first kappa shape index (κ1) is 12.9. The van der Waals surface area contributed by atoms with Crippen molar-refractivity contribution < 1.29 is 5.11 Å². The molecular weight excluding hydrogens is 294 g/mol. The van der Waals surface area contributed by atoms with Crippen LogP contribution in [0, 0.1) is 0 Å². The van der Waals surface area contributed by atoms with Gasteiger partial charge in [0, 0.05) is 10.6 Å². The van der Waals surface area contributed by atoms with Crippen molar-refractivity contribution >= 4 is 33.8 Å². The Hall–Kier alpha value is -2.11. The summed E-state index contributed by atoms with van der Waals surface area (Å²) in [6, 6.07) is 14.4. The van der Waals surface area contributed by atoms with E-state index in [1.807, 2.05) is 30.3 Å². The highest BCUT2D eigenvalue weighted by molar-refractivity contribution is 7.18. The van der Waals surface area contributed by atoms with E-state index in [0.29, 0.717) is 15.8 Å². The monoisotopic (exact) mass is 303 g/mol. The predicted molar refractivity (Wildman–Crippen MR) is 81.7 cm³/mol. The summed E-state index contributed by atoms with van der Waals surface area (Å²) in [5, 5.41) is 23.0. The number of hydrogen-bond donors (Lipinski definition) is 2. The number of aromatic nitrogens is 2. The van der Waals surface area contributed by atoms with Crippen LogP contribution in [0.4, 0.5) is 10.8 Å². The van der Waals surface area contributed by atoms with Gasteiger partial charge in [0.25, 0.3) is 0 Å². The molecule has 6 heteroatoms. The lowest BCUT2D eigenvalue weighted by atomic mass is 10.2. The summed E-state index contributed by atoms with van der Waals surface area (Å²) in [5.74, 6) is 0.177. The van der Waals surface area contributed by atoms with E-state index in [2.05, 4.69) is 15.5 Å². The van der Waals surface area contributed by atoms with E-state index in [1.54, 1.807) is 18.2 Å². The molecule has 0 fully saturated rings. The van der Waals surface area contributed by atoms with Crippen molar-refractivity contribution in [3.8, 4) is 16.3 Å². The fourth-order valence-electron chi connectivity index (χ4n) is 1.68. The zero-order valence-electron chi connectivity index (χ0n) is 10.2. The highest BCUT2D eigenvalue weighted by atomic mass is 35.5. The molecule has 2 aromatic carbocycles. The van der Waals surface area contributed by atoms with E-state index < -0.39 is 0 Å². The van der Waals surface area contributed by atoms with Gasteiger partial charge >= 0.3 is 0 Å². The Bertz CT molecular complexity index is 727. The fraction of sp³-hybridized carbons (Fsp3) is 0. The summed E-state index contributed by atoms with van der Waals surface area (Å²) in [7, 11) is 0. The number of rotatable bonds is 3. The van der Waals surface area contributed by atoms with E-state index in [1.165, 1.54) is 11.3 Å². The van der Waals surface area contributed by atoms with Crippen molar-refractivity contribution in [2.75, 3.05) is 5.32 Å². The van der Waals surface area contributed by atoms with Crippen molar-refractivity contribution in [2.45, 2.75) is 0 Å². The van der Waals surface area contributed by atoms with E-state index in [0.717, 1.165) is 10.6 Å². The maximum Gasteiger partial charge on any atom is 0.210 e. The smallest absolute Gasteiger partial charge is 0.210 e. The lowest BCUT2D eigenvalue weighted by molar-refractivity contribution is 0.478. The van der Waals surface area contributed by atoms with Gasteiger partial charge in [-0.15, -0.1) is 10.2 Å². The van der Waals surface area contributed by atoms with Crippen LogP contribution in [-0.2, 0) is 0 Å². The summed E-state index contributed by atoms with van der Waals surface area (Å²) in [6.45, 7) is 0. The van der Waals surface area contributed by atoms with Crippen LogP contribution in [0.25, 0.3) is 10.6 Å². The number of nitrogens with one attached hydrogen (secondary N) is 1. The van der Waals surface area contributed by atoms with Gasteiger partial charge in [0.1, 0.15) is 10.8 Å². The Balaban J connectivity index is 1.84. The predicted octanol–water partition coefficient (Wildman–Crippen LogP) is 4.31. The molecule has 0 saturated carbocycles. The molecule has 1 aromatic heterocycles. The summed E-state index contributed by atoms with van der Waals surface area (Å²) in [6.07, 6.45) is 0. The second-order valence-corrected chi connectivity index (χ2v) is 5.48. The molecular formula is C14H10ClN3OS. The number of phenols is 1. The molecule has 0 aliphatic rings. The summed E-state index contributed by atoms with van der Waals surface area (Å²) in [4.78, 5) is 0. The SMILES string of the molecule is Oc1ccccc1Nc1nnc(-c2ccc(Cl)cc2)s1. The Labute approximate surface area is 124 Å². The van der Waals surface area contributed by atoms with Crippen LogP contribution in [0.15, 0.2) is 48.5 Å². The molecule has 0 atom stereocenters. The van der Waals surface area contributed by atoms with Crippen molar-refractivity contribution in [3.05, 3.63) is 53.6 Å². The third kappa shape index (κ3) is 2.74. The maximum atomic E-state index is 9.71. The van der Waals surface area contributed by atoms with E-state index in [4.69, 9.17) is 11.6 Å². The molecule has 0 radical (unpaired) electrons. The van der Waals surface area contributed by atoms with E-state index >= 15 is 0 Å². The molecule has 0 bridgehead atoms. The lowest BCUT2D eigenvalue weighted by Crippen LogP contribution is -1.89. The zero-order valence-corrected chi connectivity index (χ0v) is 11.8. The topological polar surface area (TPSA) is 58.0 Å². The van der Waals surface area contributed by atoms with Crippen LogP contribution >= 0.6 is 22.9 Å². The van der Waals surface area contributed by atoms with E-state index in [-0.39, 0.29) is 5.75 Å². The van der Waals surface area contributed by atoms with Crippen molar-refractivity contribution in [1.82, 2.24) is 10.2 Å². The van der Waals surface area contributed by atoms with Crippen molar-refractivity contribution in [1.29, 1.82) is 0 Å². The average molecular weight is 304 g/mol. The molecule has 3 rings (SSSR count). The number of nitrogens with zero attached hydrogens (tertiary/aromatic N) is 2. The molecule has 2 N–H and O–H groups in total. The van der Waals surface area contributed by atoms with Gasteiger partial charge in [-0.05, 0) is 24.3 Å². The maximum absolute atomic E-state index is 9.71. The fourth-order valence-corrected chi connectivity index (χ4v) is 2.56. The molecule has 0 aliphatic heterocycles. The van der Waals surface area contributed by atoms with Crippen LogP contribution in [0.1, 0.15) is 0 Å². The van der Waals surface area contributed by atoms with Gasteiger partial charge < -0.3 is 10.4 Å². The van der Waals surface area contributed by atoms with Crippen molar-refractivity contribution in [2.24, 2.45) is 0 Å². The second-order valence-electron chi connectivity index (χ2n) is 4.06. The standard InChI is InChI=1S/C14H10ClN3OS/c15-10-7-5-9(6-8-10)13-17-18-14(20-13)16-11-3-1-2-4-12(11)19/h1-8,19H,(H,16,18). The van der Waals surface area contributed by atoms with Crippen molar-refractivity contribution in [3.63, 3.8) is 0 Å². The highest BCUT2D eigenvalue weighted by Gasteiger charge is 2.08. The molecule has 3 aromatic rings. The van der Waals surface area contributed by atoms with Gasteiger partial charge in [0.05, 0.1) is 5.69 Å². The largest absolute Gasteiger partial charge is 0.506 e. The molecule has 0 saturated heterocycles. The number of phenolic OH excluding ortho intramolecular Hbond substituents is 1. The molecule has 0 spiro atoms. The minimum absolute atomic E-state index is 0.177. The average Bonchev–Trinajstić information content (AvgIpc) is 2.91. The van der Waals surface area contributed by atoms with Gasteiger partial charge in [0.15, 0.2) is 0 Å². The van der Waals surface area contributed by atoms with Crippen LogP contribution < -0.4 is 5.32 Å². The Morgan fingerprint density at radius 3 is 2.50 bits per heavy atom. The normalized spacial score (nSPS) is 10.4. The zero-order chi connectivity index (χ0) is 13.9. The summed E-state index contributed by atoms with van der Waals surface area (Å²) >= 11 is 7.26. The van der Waals surface area contributed by atoms with Crippen LogP contribution in [0.5, 0.6) is 5.75 Å².